The van der Waals surface area contributed by atoms with Gasteiger partial charge in [0.05, 0.1) is 5.52 Å². The van der Waals surface area contributed by atoms with Crippen molar-refractivity contribution in [2.45, 2.75) is 13.5 Å². The second-order valence-corrected chi connectivity index (χ2v) is 2.73. The molecule has 0 aliphatic rings. The van der Waals surface area contributed by atoms with Gasteiger partial charge in [-0.3, -0.25) is 0 Å². The summed E-state index contributed by atoms with van der Waals surface area (Å²) < 4.78 is 2.15. The molecule has 0 fully saturated rings. The van der Waals surface area contributed by atoms with E-state index in [1.54, 1.807) is 6.20 Å². The van der Waals surface area contributed by atoms with Gasteiger partial charge in [0.15, 0.2) is 0 Å². The summed E-state index contributed by atoms with van der Waals surface area (Å²) in [5.41, 5.74) is 6.86. The van der Waals surface area contributed by atoms with Crippen molar-refractivity contribution >= 4 is 16.7 Å². The quantitative estimate of drug-likeness (QED) is 0.691. The van der Waals surface area contributed by atoms with Crippen LogP contribution in [0.5, 0.6) is 0 Å². The molecule has 0 spiro atoms. The maximum atomic E-state index is 5.70. The van der Waals surface area contributed by atoms with Crippen molar-refractivity contribution in [2.75, 3.05) is 5.73 Å². The Morgan fingerprint density at radius 2 is 2.33 bits per heavy atom. The van der Waals surface area contributed by atoms with E-state index in [0.29, 0.717) is 5.82 Å². The lowest BCUT2D eigenvalue weighted by atomic mass is 10.3. The summed E-state index contributed by atoms with van der Waals surface area (Å²) in [5, 5.41) is 1.04. The zero-order chi connectivity index (χ0) is 8.55. The molecule has 0 saturated heterocycles. The monoisotopic (exact) mass is 161 g/mol. The molecular weight excluding hydrogens is 150 g/mol. The number of aryl methyl sites for hydroxylation is 1. The van der Waals surface area contributed by atoms with Gasteiger partial charge in [-0.15, -0.1) is 0 Å². The van der Waals surface area contributed by atoms with E-state index in [9.17, 15) is 0 Å². The van der Waals surface area contributed by atoms with E-state index in [-0.39, 0.29) is 0 Å². The fourth-order valence-corrected chi connectivity index (χ4v) is 1.42. The van der Waals surface area contributed by atoms with Crippen LogP contribution >= 0.6 is 0 Å². The van der Waals surface area contributed by atoms with Gasteiger partial charge in [-0.2, -0.15) is 0 Å². The molecule has 2 aromatic rings. The third kappa shape index (κ3) is 0.863. The van der Waals surface area contributed by atoms with Crippen molar-refractivity contribution in [3.8, 4) is 0 Å². The third-order valence-corrected chi connectivity index (χ3v) is 2.07. The summed E-state index contributed by atoms with van der Waals surface area (Å²) in [6.07, 6.45) is 3.77. The second kappa shape index (κ2) is 2.52. The van der Waals surface area contributed by atoms with E-state index in [1.807, 2.05) is 18.3 Å². The van der Waals surface area contributed by atoms with Crippen LogP contribution in [0.1, 0.15) is 6.92 Å². The molecule has 2 N–H and O–H groups in total. The summed E-state index contributed by atoms with van der Waals surface area (Å²) in [6.45, 7) is 3.07. The molecule has 0 aliphatic heterocycles. The number of hydrogen-bond donors (Lipinski definition) is 1. The Morgan fingerprint density at radius 3 is 3.08 bits per heavy atom. The molecule has 2 rings (SSSR count). The highest BCUT2D eigenvalue weighted by Crippen LogP contribution is 2.19. The second-order valence-electron chi connectivity index (χ2n) is 2.73. The maximum absolute atomic E-state index is 5.70. The van der Waals surface area contributed by atoms with Crippen LogP contribution in [-0.4, -0.2) is 9.55 Å². The summed E-state index contributed by atoms with van der Waals surface area (Å²) >= 11 is 0. The summed E-state index contributed by atoms with van der Waals surface area (Å²) in [7, 11) is 0. The van der Waals surface area contributed by atoms with Gasteiger partial charge in [0.2, 0.25) is 0 Å². The number of rotatable bonds is 1. The number of hydrogen-bond acceptors (Lipinski definition) is 2. The molecule has 2 heterocycles. The standard InChI is InChI=1S/C9H11N3/c1-2-12-6-4-7-8(12)3-5-11-9(7)10/h3-6H,2H2,1H3,(H2,10,11). The molecule has 0 bridgehead atoms. The van der Waals surface area contributed by atoms with Crippen molar-refractivity contribution in [1.82, 2.24) is 9.55 Å². The molecular formula is C9H11N3. The molecule has 2 aromatic heterocycles. The van der Waals surface area contributed by atoms with Crippen LogP contribution in [0.3, 0.4) is 0 Å². The lowest BCUT2D eigenvalue weighted by molar-refractivity contribution is 0.797. The fraction of sp³-hybridized carbons (Fsp3) is 0.222. The average Bonchev–Trinajstić information content (AvgIpc) is 2.49. The Morgan fingerprint density at radius 1 is 1.50 bits per heavy atom. The van der Waals surface area contributed by atoms with Gasteiger partial charge in [0.25, 0.3) is 0 Å². The first-order valence-corrected chi connectivity index (χ1v) is 4.02. The molecule has 0 unspecified atom stereocenters. The van der Waals surface area contributed by atoms with Crippen LogP contribution in [0.2, 0.25) is 0 Å². The highest BCUT2D eigenvalue weighted by Gasteiger charge is 2.01. The van der Waals surface area contributed by atoms with Crippen LogP contribution in [0, 0.1) is 0 Å². The Kier molecular flexibility index (Phi) is 1.50. The van der Waals surface area contributed by atoms with Gasteiger partial charge >= 0.3 is 0 Å². The molecule has 0 aromatic carbocycles. The van der Waals surface area contributed by atoms with E-state index < -0.39 is 0 Å². The SMILES string of the molecule is CCn1ccc2c(N)nccc21. The van der Waals surface area contributed by atoms with Crippen molar-refractivity contribution < 1.29 is 0 Å². The van der Waals surface area contributed by atoms with Crippen molar-refractivity contribution in [1.29, 1.82) is 0 Å². The molecule has 0 amide bonds. The summed E-state index contributed by atoms with van der Waals surface area (Å²) in [4.78, 5) is 4.02. The van der Waals surface area contributed by atoms with E-state index in [1.165, 1.54) is 0 Å². The van der Waals surface area contributed by atoms with Crippen LogP contribution in [0.15, 0.2) is 24.5 Å². The van der Waals surface area contributed by atoms with Crippen LogP contribution in [0.4, 0.5) is 5.82 Å². The van der Waals surface area contributed by atoms with Gasteiger partial charge in [-0.05, 0) is 19.1 Å². The molecule has 3 heteroatoms. The first-order valence-electron chi connectivity index (χ1n) is 4.02. The minimum atomic E-state index is 0.611. The average molecular weight is 161 g/mol. The van der Waals surface area contributed by atoms with E-state index >= 15 is 0 Å². The lowest BCUT2D eigenvalue weighted by Gasteiger charge is -1.99. The minimum Gasteiger partial charge on any atom is -0.383 e. The maximum Gasteiger partial charge on any atom is 0.132 e. The number of aromatic nitrogens is 2. The highest BCUT2D eigenvalue weighted by atomic mass is 15.0. The molecule has 0 atom stereocenters. The largest absolute Gasteiger partial charge is 0.383 e. The molecule has 62 valence electrons. The molecule has 12 heavy (non-hydrogen) atoms. The lowest BCUT2D eigenvalue weighted by Crippen LogP contribution is -1.93. The van der Waals surface area contributed by atoms with Gasteiger partial charge < -0.3 is 10.3 Å². The van der Waals surface area contributed by atoms with Crippen molar-refractivity contribution in [3.63, 3.8) is 0 Å². The zero-order valence-electron chi connectivity index (χ0n) is 6.99. The van der Waals surface area contributed by atoms with Crippen LogP contribution in [0.25, 0.3) is 10.9 Å². The van der Waals surface area contributed by atoms with Crippen LogP contribution < -0.4 is 5.73 Å². The first-order chi connectivity index (χ1) is 5.83. The highest BCUT2D eigenvalue weighted by molar-refractivity contribution is 5.88. The van der Waals surface area contributed by atoms with E-state index in [0.717, 1.165) is 17.4 Å². The predicted molar refractivity (Wildman–Crippen MR) is 49.8 cm³/mol. The Labute approximate surface area is 70.8 Å². The van der Waals surface area contributed by atoms with Crippen molar-refractivity contribution in [2.24, 2.45) is 0 Å². The van der Waals surface area contributed by atoms with Crippen molar-refractivity contribution in [3.05, 3.63) is 24.5 Å². The molecule has 0 saturated carbocycles. The van der Waals surface area contributed by atoms with Gasteiger partial charge in [-0.1, -0.05) is 0 Å². The summed E-state index contributed by atoms with van der Waals surface area (Å²) in [5.74, 6) is 0.611. The third-order valence-electron chi connectivity index (χ3n) is 2.07. The summed E-state index contributed by atoms with van der Waals surface area (Å²) in [6, 6.07) is 3.98. The topological polar surface area (TPSA) is 43.8 Å². The number of fused-ring (bicyclic) bond motifs is 1. The number of nitrogen functional groups attached to an aromatic ring is 1. The molecule has 3 nitrogen and oxygen atoms in total. The number of anilines is 1. The molecule has 0 aliphatic carbocycles. The number of nitrogens with zero attached hydrogens (tertiary/aromatic N) is 2. The normalized spacial score (nSPS) is 10.8. The first kappa shape index (κ1) is 7.16. The zero-order valence-corrected chi connectivity index (χ0v) is 6.99. The predicted octanol–water partition coefficient (Wildman–Crippen LogP) is 1.64. The van der Waals surface area contributed by atoms with Gasteiger partial charge in [0.1, 0.15) is 5.82 Å². The Bertz CT molecular complexity index is 403. The van der Waals surface area contributed by atoms with Gasteiger partial charge in [-0.25, -0.2) is 4.98 Å². The van der Waals surface area contributed by atoms with Crippen LogP contribution in [-0.2, 0) is 6.54 Å². The van der Waals surface area contributed by atoms with Gasteiger partial charge in [0, 0.05) is 24.3 Å². The minimum absolute atomic E-state index is 0.611. The van der Waals surface area contributed by atoms with E-state index in [4.69, 9.17) is 5.73 Å². The number of pyridine rings is 1. The fourth-order valence-electron chi connectivity index (χ4n) is 1.42. The smallest absolute Gasteiger partial charge is 0.132 e. The Hall–Kier alpha value is -1.51. The van der Waals surface area contributed by atoms with E-state index in [2.05, 4.69) is 16.5 Å². The Balaban J connectivity index is 2.80. The number of nitrogens with two attached hydrogens (primary N) is 1. The molecule has 0 radical (unpaired) electrons.